The van der Waals surface area contributed by atoms with Gasteiger partial charge in [-0.2, -0.15) is 0 Å². The first-order valence-corrected chi connectivity index (χ1v) is 6.42. The van der Waals surface area contributed by atoms with E-state index in [2.05, 4.69) is 24.4 Å². The second kappa shape index (κ2) is 5.21. The zero-order valence-corrected chi connectivity index (χ0v) is 10.4. The van der Waals surface area contributed by atoms with E-state index in [1.165, 1.54) is 36.0 Å². The van der Waals surface area contributed by atoms with Crippen LogP contribution in [0.5, 0.6) is 0 Å². The van der Waals surface area contributed by atoms with E-state index in [1.54, 1.807) is 0 Å². The first-order valence-electron chi connectivity index (χ1n) is 6.42. The van der Waals surface area contributed by atoms with Gasteiger partial charge < -0.3 is 11.1 Å². The molecule has 3 N–H and O–H groups in total. The first kappa shape index (κ1) is 12.0. The van der Waals surface area contributed by atoms with Crippen LogP contribution in [0.4, 0.5) is 10.5 Å². The molecule has 92 valence electrons. The molecule has 0 atom stereocenters. The standard InChI is InChI=1S/C14H20N2O/c1-2-3-5-10-8-11-6-4-7-12(11)13(9-10)16-14(15)17/h8-9H,2-7H2,1H3,(H3,15,16,17). The van der Waals surface area contributed by atoms with E-state index in [-0.39, 0.29) is 0 Å². The van der Waals surface area contributed by atoms with Crippen LogP contribution in [0.3, 0.4) is 0 Å². The summed E-state index contributed by atoms with van der Waals surface area (Å²) in [7, 11) is 0. The lowest BCUT2D eigenvalue weighted by Gasteiger charge is -2.12. The monoisotopic (exact) mass is 232 g/mol. The minimum atomic E-state index is -0.466. The number of primary amides is 1. The number of fused-ring (bicyclic) bond motifs is 1. The fourth-order valence-corrected chi connectivity index (χ4v) is 2.54. The Morgan fingerprint density at radius 2 is 2.24 bits per heavy atom. The molecule has 2 amide bonds. The Morgan fingerprint density at radius 1 is 1.41 bits per heavy atom. The molecule has 0 unspecified atom stereocenters. The quantitative estimate of drug-likeness (QED) is 0.823. The number of nitrogens with two attached hydrogens (primary N) is 1. The van der Waals surface area contributed by atoms with Crippen molar-refractivity contribution in [3.8, 4) is 0 Å². The van der Waals surface area contributed by atoms with Gasteiger partial charge in [0.05, 0.1) is 0 Å². The summed E-state index contributed by atoms with van der Waals surface area (Å²) in [6.07, 6.45) is 6.82. The average molecular weight is 232 g/mol. The minimum Gasteiger partial charge on any atom is -0.351 e. The SMILES string of the molecule is CCCCc1cc2c(c(NC(N)=O)c1)CCC2. The summed E-state index contributed by atoms with van der Waals surface area (Å²) in [5.41, 5.74) is 10.1. The highest BCUT2D eigenvalue weighted by atomic mass is 16.2. The van der Waals surface area contributed by atoms with Crippen LogP contribution in [-0.4, -0.2) is 6.03 Å². The van der Waals surface area contributed by atoms with E-state index >= 15 is 0 Å². The molecule has 0 saturated carbocycles. The minimum absolute atomic E-state index is 0.466. The van der Waals surface area contributed by atoms with Gasteiger partial charge in [0.25, 0.3) is 0 Å². The van der Waals surface area contributed by atoms with Crippen LogP contribution in [0.2, 0.25) is 0 Å². The van der Waals surface area contributed by atoms with Gasteiger partial charge in [-0.3, -0.25) is 0 Å². The normalized spacial score (nSPS) is 13.5. The zero-order chi connectivity index (χ0) is 12.3. The number of unbranched alkanes of at least 4 members (excludes halogenated alkanes) is 1. The van der Waals surface area contributed by atoms with E-state index in [9.17, 15) is 4.79 Å². The Bertz CT molecular complexity index is 426. The molecule has 17 heavy (non-hydrogen) atoms. The van der Waals surface area contributed by atoms with E-state index < -0.39 is 6.03 Å². The molecule has 0 bridgehead atoms. The number of carbonyl (C=O) groups is 1. The molecule has 1 aromatic rings. The van der Waals surface area contributed by atoms with Crippen LogP contribution in [-0.2, 0) is 19.3 Å². The van der Waals surface area contributed by atoms with Crippen LogP contribution < -0.4 is 11.1 Å². The van der Waals surface area contributed by atoms with Gasteiger partial charge in [-0.05, 0) is 54.9 Å². The number of amides is 2. The van der Waals surface area contributed by atoms with Crippen molar-refractivity contribution in [3.05, 3.63) is 28.8 Å². The summed E-state index contributed by atoms with van der Waals surface area (Å²) in [5.74, 6) is 0. The Morgan fingerprint density at radius 3 is 2.94 bits per heavy atom. The first-order chi connectivity index (χ1) is 8.20. The van der Waals surface area contributed by atoms with Crippen molar-refractivity contribution in [1.29, 1.82) is 0 Å². The summed E-state index contributed by atoms with van der Waals surface area (Å²) < 4.78 is 0. The van der Waals surface area contributed by atoms with Gasteiger partial charge in [-0.1, -0.05) is 19.4 Å². The predicted octanol–water partition coefficient (Wildman–Crippen LogP) is 3.01. The van der Waals surface area contributed by atoms with Crippen molar-refractivity contribution >= 4 is 11.7 Å². The number of rotatable bonds is 4. The van der Waals surface area contributed by atoms with Gasteiger partial charge in [0, 0.05) is 5.69 Å². The molecule has 0 radical (unpaired) electrons. The summed E-state index contributed by atoms with van der Waals surface area (Å²) in [5, 5.41) is 2.76. The van der Waals surface area contributed by atoms with E-state index in [0.29, 0.717) is 0 Å². The Hall–Kier alpha value is -1.51. The lowest BCUT2D eigenvalue weighted by molar-refractivity contribution is 0.259. The number of anilines is 1. The van der Waals surface area contributed by atoms with Crippen LogP contribution in [0.25, 0.3) is 0 Å². The van der Waals surface area contributed by atoms with Crippen LogP contribution in [0, 0.1) is 0 Å². The van der Waals surface area contributed by atoms with Crippen LogP contribution >= 0.6 is 0 Å². The lowest BCUT2D eigenvalue weighted by Crippen LogP contribution is -2.20. The number of hydrogen-bond acceptors (Lipinski definition) is 1. The van der Waals surface area contributed by atoms with Gasteiger partial charge in [0.1, 0.15) is 0 Å². The number of aryl methyl sites for hydroxylation is 2. The molecule has 0 spiro atoms. The van der Waals surface area contributed by atoms with Crippen LogP contribution in [0.1, 0.15) is 42.9 Å². The molecule has 3 heteroatoms. The van der Waals surface area contributed by atoms with Gasteiger partial charge in [0.15, 0.2) is 0 Å². The summed E-state index contributed by atoms with van der Waals surface area (Å²) in [6, 6.07) is 3.92. The number of urea groups is 1. The Labute approximate surface area is 102 Å². The van der Waals surface area contributed by atoms with Crippen molar-refractivity contribution in [1.82, 2.24) is 0 Å². The smallest absolute Gasteiger partial charge is 0.316 e. The highest BCUT2D eigenvalue weighted by Crippen LogP contribution is 2.31. The predicted molar refractivity (Wildman–Crippen MR) is 70.3 cm³/mol. The summed E-state index contributed by atoms with van der Waals surface area (Å²) >= 11 is 0. The van der Waals surface area contributed by atoms with E-state index in [0.717, 1.165) is 24.9 Å². The molecule has 3 nitrogen and oxygen atoms in total. The number of carbonyl (C=O) groups excluding carboxylic acids is 1. The number of hydrogen-bond donors (Lipinski definition) is 2. The highest BCUT2D eigenvalue weighted by molar-refractivity contribution is 5.89. The molecule has 1 aromatic carbocycles. The van der Waals surface area contributed by atoms with Crippen LogP contribution in [0.15, 0.2) is 12.1 Å². The molecule has 0 fully saturated rings. The van der Waals surface area contributed by atoms with Gasteiger partial charge in [-0.25, -0.2) is 4.79 Å². The lowest BCUT2D eigenvalue weighted by atomic mass is 10.0. The third-order valence-electron chi connectivity index (χ3n) is 3.35. The second-order valence-electron chi connectivity index (χ2n) is 4.73. The number of benzene rings is 1. The van der Waals surface area contributed by atoms with Crippen molar-refractivity contribution in [2.75, 3.05) is 5.32 Å². The fraction of sp³-hybridized carbons (Fsp3) is 0.500. The van der Waals surface area contributed by atoms with Gasteiger partial charge in [0.2, 0.25) is 0 Å². The van der Waals surface area contributed by atoms with Gasteiger partial charge >= 0.3 is 6.03 Å². The zero-order valence-electron chi connectivity index (χ0n) is 10.4. The van der Waals surface area contributed by atoms with Crippen molar-refractivity contribution in [3.63, 3.8) is 0 Å². The van der Waals surface area contributed by atoms with Gasteiger partial charge in [-0.15, -0.1) is 0 Å². The average Bonchev–Trinajstić information content (AvgIpc) is 2.73. The van der Waals surface area contributed by atoms with Crippen molar-refractivity contribution < 1.29 is 4.79 Å². The molecule has 1 aliphatic carbocycles. The molecular weight excluding hydrogens is 212 g/mol. The van der Waals surface area contributed by atoms with Crippen molar-refractivity contribution in [2.24, 2.45) is 5.73 Å². The number of nitrogens with one attached hydrogen (secondary N) is 1. The molecular formula is C14H20N2O. The molecule has 0 aromatic heterocycles. The molecule has 2 rings (SSSR count). The third kappa shape index (κ3) is 2.78. The molecule has 0 saturated heterocycles. The maximum atomic E-state index is 11.0. The largest absolute Gasteiger partial charge is 0.351 e. The second-order valence-corrected chi connectivity index (χ2v) is 4.73. The summed E-state index contributed by atoms with van der Waals surface area (Å²) in [4.78, 5) is 11.0. The maximum Gasteiger partial charge on any atom is 0.316 e. The Balaban J connectivity index is 2.28. The maximum absolute atomic E-state index is 11.0. The molecule has 1 aliphatic rings. The highest BCUT2D eigenvalue weighted by Gasteiger charge is 2.16. The van der Waals surface area contributed by atoms with Crippen molar-refractivity contribution in [2.45, 2.75) is 45.4 Å². The topological polar surface area (TPSA) is 55.1 Å². The molecule has 0 heterocycles. The molecule has 0 aliphatic heterocycles. The van der Waals surface area contributed by atoms with E-state index in [4.69, 9.17) is 5.73 Å². The van der Waals surface area contributed by atoms with E-state index in [1.807, 2.05) is 0 Å². The third-order valence-corrected chi connectivity index (χ3v) is 3.35. The summed E-state index contributed by atoms with van der Waals surface area (Å²) in [6.45, 7) is 2.19. The fourth-order valence-electron chi connectivity index (χ4n) is 2.54. The Kier molecular flexibility index (Phi) is 3.67.